The second-order valence-electron chi connectivity index (χ2n) is 4.91. The second-order valence-corrected chi connectivity index (χ2v) is 5.94. The van der Waals surface area contributed by atoms with Gasteiger partial charge in [0.25, 0.3) is 0 Å². The summed E-state index contributed by atoms with van der Waals surface area (Å²) in [6.45, 7) is 1.51. The van der Waals surface area contributed by atoms with E-state index in [0.717, 1.165) is 32.2 Å². The van der Waals surface area contributed by atoms with Crippen LogP contribution < -0.4 is 5.73 Å². The maximum absolute atomic E-state index is 12.2. The van der Waals surface area contributed by atoms with Gasteiger partial charge in [-0.1, -0.05) is 6.07 Å². The number of thiophene rings is 1. The predicted octanol–water partition coefficient (Wildman–Crippen LogP) is 2.41. The molecule has 1 aliphatic heterocycles. The molecule has 3 nitrogen and oxygen atoms in total. The third kappa shape index (κ3) is 3.56. The first-order valence-electron chi connectivity index (χ1n) is 6.83. The molecule has 1 fully saturated rings. The Morgan fingerprint density at radius 3 is 3.11 bits per heavy atom. The Morgan fingerprint density at radius 2 is 2.39 bits per heavy atom. The minimum Gasteiger partial charge on any atom is -0.338 e. The van der Waals surface area contributed by atoms with Gasteiger partial charge in [0.15, 0.2) is 0 Å². The molecule has 100 valence electrons. The number of piperidine rings is 1. The molecule has 18 heavy (non-hydrogen) atoms. The van der Waals surface area contributed by atoms with Crippen LogP contribution in [0.4, 0.5) is 0 Å². The van der Waals surface area contributed by atoms with Gasteiger partial charge in [0.1, 0.15) is 0 Å². The number of likely N-dealkylation sites (tertiary alicyclic amines) is 1. The van der Waals surface area contributed by atoms with Crippen LogP contribution in [0.1, 0.15) is 37.0 Å². The van der Waals surface area contributed by atoms with Crippen LogP contribution in [0.3, 0.4) is 0 Å². The number of hydrogen-bond donors (Lipinski definition) is 1. The van der Waals surface area contributed by atoms with Gasteiger partial charge in [-0.15, -0.1) is 11.3 Å². The lowest BCUT2D eigenvalue weighted by Crippen LogP contribution is -2.47. The van der Waals surface area contributed by atoms with Gasteiger partial charge < -0.3 is 10.6 Å². The molecule has 2 rings (SSSR count). The van der Waals surface area contributed by atoms with Crippen LogP contribution in [-0.4, -0.2) is 29.9 Å². The molecular formula is C14H22N2OS. The van der Waals surface area contributed by atoms with Gasteiger partial charge in [-0.05, 0) is 43.6 Å². The van der Waals surface area contributed by atoms with Crippen molar-refractivity contribution in [3.63, 3.8) is 0 Å². The van der Waals surface area contributed by atoms with Crippen molar-refractivity contribution in [3.8, 4) is 0 Å². The zero-order chi connectivity index (χ0) is 12.8. The molecule has 0 bridgehead atoms. The maximum Gasteiger partial charge on any atom is 0.222 e. The molecule has 0 aliphatic carbocycles. The molecular weight excluding hydrogens is 244 g/mol. The van der Waals surface area contributed by atoms with E-state index in [-0.39, 0.29) is 6.04 Å². The van der Waals surface area contributed by atoms with Gasteiger partial charge >= 0.3 is 0 Å². The predicted molar refractivity (Wildman–Crippen MR) is 75.7 cm³/mol. The SMILES string of the molecule is NCC1CCCCN1C(=O)CCCc1cccs1. The van der Waals surface area contributed by atoms with Gasteiger partial charge in [0.05, 0.1) is 0 Å². The van der Waals surface area contributed by atoms with Crippen LogP contribution in [0.5, 0.6) is 0 Å². The van der Waals surface area contributed by atoms with E-state index in [4.69, 9.17) is 5.73 Å². The fraction of sp³-hybridized carbons (Fsp3) is 0.643. The average Bonchev–Trinajstić information content (AvgIpc) is 2.91. The monoisotopic (exact) mass is 266 g/mol. The highest BCUT2D eigenvalue weighted by molar-refractivity contribution is 7.09. The van der Waals surface area contributed by atoms with E-state index >= 15 is 0 Å². The first-order chi connectivity index (χ1) is 8.81. The summed E-state index contributed by atoms with van der Waals surface area (Å²) in [5, 5.41) is 2.09. The molecule has 1 aromatic heterocycles. The Balaban J connectivity index is 1.76. The zero-order valence-electron chi connectivity index (χ0n) is 10.8. The molecule has 1 amide bonds. The number of nitrogens with zero attached hydrogens (tertiary/aromatic N) is 1. The molecule has 0 aromatic carbocycles. The standard InChI is InChI=1S/C14H22N2OS/c15-11-12-5-1-2-9-16(12)14(17)8-3-6-13-7-4-10-18-13/h4,7,10,12H,1-3,5-6,8-9,11,15H2. The second kappa shape index (κ2) is 6.90. The molecule has 1 unspecified atom stereocenters. The molecule has 2 heterocycles. The van der Waals surface area contributed by atoms with Crippen molar-refractivity contribution in [3.05, 3.63) is 22.4 Å². The Morgan fingerprint density at radius 1 is 1.50 bits per heavy atom. The molecule has 0 saturated carbocycles. The van der Waals surface area contributed by atoms with Gasteiger partial charge in [0, 0.05) is 30.4 Å². The van der Waals surface area contributed by atoms with Gasteiger partial charge in [0.2, 0.25) is 5.91 Å². The van der Waals surface area contributed by atoms with E-state index in [9.17, 15) is 4.79 Å². The van der Waals surface area contributed by atoms with Crippen molar-refractivity contribution < 1.29 is 4.79 Å². The highest BCUT2D eigenvalue weighted by Crippen LogP contribution is 2.18. The summed E-state index contributed by atoms with van der Waals surface area (Å²) >= 11 is 1.77. The molecule has 1 saturated heterocycles. The molecule has 0 radical (unpaired) electrons. The fourth-order valence-electron chi connectivity index (χ4n) is 2.59. The maximum atomic E-state index is 12.2. The Hall–Kier alpha value is -0.870. The van der Waals surface area contributed by atoms with E-state index in [1.54, 1.807) is 11.3 Å². The van der Waals surface area contributed by atoms with Crippen LogP contribution in [0, 0.1) is 0 Å². The quantitative estimate of drug-likeness (QED) is 0.889. The summed E-state index contributed by atoms with van der Waals surface area (Å²) in [7, 11) is 0. The number of rotatable bonds is 5. The number of aryl methyl sites for hydroxylation is 1. The van der Waals surface area contributed by atoms with Crippen LogP contribution in [0.15, 0.2) is 17.5 Å². The van der Waals surface area contributed by atoms with E-state index in [1.807, 2.05) is 4.90 Å². The van der Waals surface area contributed by atoms with Crippen LogP contribution in [-0.2, 0) is 11.2 Å². The van der Waals surface area contributed by atoms with E-state index in [1.165, 1.54) is 11.3 Å². The summed E-state index contributed by atoms with van der Waals surface area (Å²) in [6, 6.07) is 4.49. The zero-order valence-corrected chi connectivity index (χ0v) is 11.6. The minimum atomic E-state index is 0.285. The summed E-state index contributed by atoms with van der Waals surface area (Å²) in [5.41, 5.74) is 5.75. The number of amides is 1. The normalized spacial score (nSPS) is 20.1. The number of carbonyl (C=O) groups excluding carboxylic acids is 1. The van der Waals surface area contributed by atoms with Crippen LogP contribution in [0.2, 0.25) is 0 Å². The number of nitrogens with two attached hydrogens (primary N) is 1. The highest BCUT2D eigenvalue weighted by Gasteiger charge is 2.24. The number of carbonyl (C=O) groups is 1. The largest absolute Gasteiger partial charge is 0.338 e. The lowest BCUT2D eigenvalue weighted by atomic mass is 10.0. The third-order valence-corrected chi connectivity index (χ3v) is 4.55. The van der Waals surface area contributed by atoms with E-state index in [2.05, 4.69) is 17.5 Å². The van der Waals surface area contributed by atoms with Gasteiger partial charge in [-0.25, -0.2) is 0 Å². The van der Waals surface area contributed by atoms with Gasteiger partial charge in [-0.3, -0.25) is 4.79 Å². The molecule has 4 heteroatoms. The smallest absolute Gasteiger partial charge is 0.222 e. The average molecular weight is 266 g/mol. The Labute approximate surface area is 113 Å². The lowest BCUT2D eigenvalue weighted by molar-refractivity contribution is -0.134. The highest BCUT2D eigenvalue weighted by atomic mass is 32.1. The van der Waals surface area contributed by atoms with Crippen molar-refractivity contribution in [1.82, 2.24) is 4.90 Å². The van der Waals surface area contributed by atoms with Crippen molar-refractivity contribution in [1.29, 1.82) is 0 Å². The third-order valence-electron chi connectivity index (χ3n) is 3.61. The first kappa shape index (κ1) is 13.6. The summed E-state index contributed by atoms with van der Waals surface area (Å²) in [5.74, 6) is 0.293. The molecule has 1 aromatic rings. The Kier molecular flexibility index (Phi) is 5.20. The van der Waals surface area contributed by atoms with Crippen molar-refractivity contribution in [2.45, 2.75) is 44.6 Å². The topological polar surface area (TPSA) is 46.3 Å². The number of hydrogen-bond acceptors (Lipinski definition) is 3. The van der Waals surface area contributed by atoms with Crippen molar-refractivity contribution >= 4 is 17.2 Å². The molecule has 1 aliphatic rings. The Bertz CT molecular complexity index is 364. The first-order valence-corrected chi connectivity index (χ1v) is 7.71. The van der Waals surface area contributed by atoms with Crippen LogP contribution >= 0.6 is 11.3 Å². The van der Waals surface area contributed by atoms with Crippen molar-refractivity contribution in [2.24, 2.45) is 5.73 Å². The summed E-state index contributed by atoms with van der Waals surface area (Å²) in [4.78, 5) is 15.6. The minimum absolute atomic E-state index is 0.285. The molecule has 2 N–H and O–H groups in total. The molecule has 1 atom stereocenters. The van der Waals surface area contributed by atoms with E-state index < -0.39 is 0 Å². The van der Waals surface area contributed by atoms with Crippen LogP contribution in [0.25, 0.3) is 0 Å². The van der Waals surface area contributed by atoms with E-state index in [0.29, 0.717) is 18.9 Å². The van der Waals surface area contributed by atoms with Crippen molar-refractivity contribution in [2.75, 3.05) is 13.1 Å². The van der Waals surface area contributed by atoms with Gasteiger partial charge in [-0.2, -0.15) is 0 Å². The molecule has 0 spiro atoms. The summed E-state index contributed by atoms with van der Waals surface area (Å²) in [6.07, 6.45) is 6.05. The summed E-state index contributed by atoms with van der Waals surface area (Å²) < 4.78 is 0. The fourth-order valence-corrected chi connectivity index (χ4v) is 3.34. The lowest BCUT2D eigenvalue weighted by Gasteiger charge is -2.35.